The Morgan fingerprint density at radius 2 is 2.33 bits per heavy atom. The summed E-state index contributed by atoms with van der Waals surface area (Å²) in [5, 5.41) is 4.52. The van der Waals surface area contributed by atoms with E-state index in [1.54, 1.807) is 0 Å². The third-order valence-electron chi connectivity index (χ3n) is 2.18. The van der Waals surface area contributed by atoms with E-state index < -0.39 is 0 Å². The summed E-state index contributed by atoms with van der Waals surface area (Å²) < 4.78 is 0. The molecule has 0 aromatic carbocycles. The summed E-state index contributed by atoms with van der Waals surface area (Å²) in [6, 6.07) is 1.15. The van der Waals surface area contributed by atoms with Crippen LogP contribution in [0.5, 0.6) is 0 Å². The van der Waals surface area contributed by atoms with Gasteiger partial charge in [0, 0.05) is 24.9 Å². The third-order valence-corrected chi connectivity index (χ3v) is 3.35. The van der Waals surface area contributed by atoms with Crippen LogP contribution in [-0.4, -0.2) is 48.0 Å². The molecule has 0 spiro atoms. The van der Waals surface area contributed by atoms with Crippen LogP contribution in [0.2, 0.25) is 0 Å². The summed E-state index contributed by atoms with van der Waals surface area (Å²) in [5.74, 6) is 1.17. The molecule has 0 bridgehead atoms. The Hall–Kier alpha value is -0.220. The van der Waals surface area contributed by atoms with Gasteiger partial charge in [-0.15, -0.1) is 0 Å². The summed E-state index contributed by atoms with van der Waals surface area (Å²) in [6.45, 7) is 4.45. The van der Waals surface area contributed by atoms with Crippen molar-refractivity contribution in [3.8, 4) is 0 Å². The maximum absolute atomic E-state index is 4.61. The standard InChI is InChI=1S/C8H15N3S/c1-6-5-12-8(9-6)10-7-3-11(2)4-7/h6-7H,3-5H2,1-2H3,(H,9,10). The van der Waals surface area contributed by atoms with Crippen molar-refractivity contribution >= 4 is 16.9 Å². The molecular weight excluding hydrogens is 170 g/mol. The van der Waals surface area contributed by atoms with Crippen LogP contribution in [0.25, 0.3) is 0 Å². The van der Waals surface area contributed by atoms with Crippen molar-refractivity contribution in [1.29, 1.82) is 0 Å². The lowest BCUT2D eigenvalue weighted by Gasteiger charge is -2.33. The molecule has 1 atom stereocenters. The quantitative estimate of drug-likeness (QED) is 0.640. The van der Waals surface area contributed by atoms with Gasteiger partial charge < -0.3 is 10.2 Å². The molecule has 0 saturated carbocycles. The molecule has 12 heavy (non-hydrogen) atoms. The fraction of sp³-hybridized carbons (Fsp3) is 0.875. The van der Waals surface area contributed by atoms with Gasteiger partial charge in [0.15, 0.2) is 5.17 Å². The van der Waals surface area contributed by atoms with Crippen LogP contribution in [-0.2, 0) is 0 Å². The average Bonchev–Trinajstić information content (AvgIpc) is 2.33. The smallest absolute Gasteiger partial charge is 0.157 e. The first-order valence-corrected chi connectivity index (χ1v) is 5.38. The van der Waals surface area contributed by atoms with Gasteiger partial charge in [-0.1, -0.05) is 11.8 Å². The molecule has 2 aliphatic heterocycles. The summed E-state index contributed by atoms with van der Waals surface area (Å²) >= 11 is 1.85. The zero-order chi connectivity index (χ0) is 8.55. The van der Waals surface area contributed by atoms with Crippen LogP contribution in [0, 0.1) is 0 Å². The highest BCUT2D eigenvalue weighted by Crippen LogP contribution is 2.16. The molecule has 2 saturated heterocycles. The summed E-state index contributed by atoms with van der Waals surface area (Å²) in [6.07, 6.45) is 0. The highest BCUT2D eigenvalue weighted by molar-refractivity contribution is 8.14. The molecule has 3 nitrogen and oxygen atoms in total. The van der Waals surface area contributed by atoms with E-state index in [0.717, 1.165) is 18.3 Å². The number of nitrogens with zero attached hydrogens (tertiary/aromatic N) is 2. The highest BCUT2D eigenvalue weighted by Gasteiger charge is 2.24. The van der Waals surface area contributed by atoms with Gasteiger partial charge in [0.25, 0.3) is 0 Å². The molecular formula is C8H15N3S. The number of aliphatic imine (C=N–C) groups is 1. The van der Waals surface area contributed by atoms with Crippen molar-refractivity contribution in [2.75, 3.05) is 25.9 Å². The first-order valence-electron chi connectivity index (χ1n) is 4.40. The Morgan fingerprint density at radius 3 is 2.83 bits per heavy atom. The summed E-state index contributed by atoms with van der Waals surface area (Å²) in [5.41, 5.74) is 0. The predicted molar refractivity (Wildman–Crippen MR) is 53.8 cm³/mol. The van der Waals surface area contributed by atoms with E-state index in [0.29, 0.717) is 12.1 Å². The van der Waals surface area contributed by atoms with Crippen LogP contribution in [0.1, 0.15) is 6.92 Å². The van der Waals surface area contributed by atoms with Crippen molar-refractivity contribution in [2.24, 2.45) is 4.99 Å². The molecule has 4 heteroatoms. The molecule has 1 N–H and O–H groups in total. The Kier molecular flexibility index (Phi) is 2.28. The van der Waals surface area contributed by atoms with E-state index in [2.05, 4.69) is 29.2 Å². The molecule has 0 radical (unpaired) electrons. The lowest BCUT2D eigenvalue weighted by atomic mass is 10.1. The zero-order valence-electron chi connectivity index (χ0n) is 7.58. The number of nitrogens with one attached hydrogen (secondary N) is 1. The van der Waals surface area contributed by atoms with Crippen LogP contribution in [0.3, 0.4) is 0 Å². The van der Waals surface area contributed by atoms with E-state index in [4.69, 9.17) is 0 Å². The molecule has 0 aromatic heterocycles. The Bertz CT molecular complexity index is 198. The lowest BCUT2D eigenvalue weighted by Crippen LogP contribution is -2.47. The number of likely N-dealkylation sites (N-methyl/N-ethyl adjacent to an activating group) is 1. The van der Waals surface area contributed by atoms with Gasteiger partial charge in [0.2, 0.25) is 0 Å². The van der Waals surface area contributed by atoms with Crippen LogP contribution < -0.4 is 5.32 Å². The summed E-state index contributed by atoms with van der Waals surface area (Å²) in [7, 11) is 2.13. The minimum absolute atomic E-state index is 0.551. The number of hydrogen-bond acceptors (Lipinski definition) is 3. The van der Waals surface area contributed by atoms with Crippen molar-refractivity contribution < 1.29 is 0 Å². The fourth-order valence-corrected chi connectivity index (χ4v) is 2.49. The minimum atomic E-state index is 0.551. The first kappa shape index (κ1) is 8.38. The van der Waals surface area contributed by atoms with Crippen LogP contribution in [0.4, 0.5) is 0 Å². The predicted octanol–water partition coefficient (Wildman–Crippen LogP) is 0.381. The Morgan fingerprint density at radius 1 is 1.58 bits per heavy atom. The number of hydrogen-bond donors (Lipinski definition) is 1. The van der Waals surface area contributed by atoms with E-state index in [9.17, 15) is 0 Å². The number of thioether (sulfide) groups is 1. The molecule has 68 valence electrons. The maximum Gasteiger partial charge on any atom is 0.157 e. The second-order valence-electron chi connectivity index (χ2n) is 3.67. The number of likely N-dealkylation sites (tertiary alicyclic amines) is 1. The monoisotopic (exact) mass is 185 g/mol. The molecule has 2 fully saturated rings. The van der Waals surface area contributed by atoms with Gasteiger partial charge in [-0.3, -0.25) is 4.99 Å². The van der Waals surface area contributed by atoms with Gasteiger partial charge in [-0.25, -0.2) is 0 Å². The van der Waals surface area contributed by atoms with Crippen molar-refractivity contribution in [2.45, 2.75) is 19.0 Å². The lowest BCUT2D eigenvalue weighted by molar-refractivity contribution is 0.194. The van der Waals surface area contributed by atoms with E-state index >= 15 is 0 Å². The van der Waals surface area contributed by atoms with Gasteiger partial charge in [-0.2, -0.15) is 0 Å². The minimum Gasteiger partial charge on any atom is -0.362 e. The molecule has 0 aliphatic carbocycles. The molecule has 1 unspecified atom stereocenters. The molecule has 2 aliphatic rings. The topological polar surface area (TPSA) is 27.6 Å². The largest absolute Gasteiger partial charge is 0.362 e. The first-order chi connectivity index (χ1) is 5.74. The van der Waals surface area contributed by atoms with E-state index in [1.165, 1.54) is 5.75 Å². The average molecular weight is 185 g/mol. The van der Waals surface area contributed by atoms with Gasteiger partial charge >= 0.3 is 0 Å². The molecule has 0 amide bonds. The second-order valence-corrected chi connectivity index (χ2v) is 4.67. The van der Waals surface area contributed by atoms with Crippen LogP contribution in [0.15, 0.2) is 4.99 Å². The van der Waals surface area contributed by atoms with Crippen molar-refractivity contribution in [1.82, 2.24) is 10.2 Å². The molecule has 2 heterocycles. The van der Waals surface area contributed by atoms with Crippen molar-refractivity contribution in [3.05, 3.63) is 0 Å². The second kappa shape index (κ2) is 3.26. The fourth-order valence-electron chi connectivity index (χ4n) is 1.49. The normalized spacial score (nSPS) is 35.2. The Labute approximate surface area is 77.6 Å². The number of amidine groups is 1. The Balaban J connectivity index is 1.84. The number of rotatable bonds is 1. The van der Waals surface area contributed by atoms with Gasteiger partial charge in [0.1, 0.15) is 0 Å². The van der Waals surface area contributed by atoms with Gasteiger partial charge in [0.05, 0.1) is 6.04 Å². The summed E-state index contributed by atoms with van der Waals surface area (Å²) in [4.78, 5) is 6.90. The highest BCUT2D eigenvalue weighted by atomic mass is 32.2. The van der Waals surface area contributed by atoms with E-state index in [1.807, 2.05) is 11.8 Å². The molecule has 2 rings (SSSR count). The van der Waals surface area contributed by atoms with Crippen LogP contribution >= 0.6 is 11.8 Å². The zero-order valence-corrected chi connectivity index (χ0v) is 8.40. The SMILES string of the molecule is CC1CSC(=NC2CN(C)C2)N1. The van der Waals surface area contributed by atoms with E-state index in [-0.39, 0.29) is 0 Å². The maximum atomic E-state index is 4.61. The third kappa shape index (κ3) is 1.75. The van der Waals surface area contributed by atoms with Crippen molar-refractivity contribution in [3.63, 3.8) is 0 Å². The van der Waals surface area contributed by atoms with Gasteiger partial charge in [-0.05, 0) is 14.0 Å². The molecule has 0 aromatic rings.